The maximum Gasteiger partial charge on any atom is 0.321 e. The first-order valence-corrected chi connectivity index (χ1v) is 11.0. The van der Waals surface area contributed by atoms with Gasteiger partial charge in [-0.05, 0) is 27.2 Å². The molecule has 0 saturated heterocycles. The van der Waals surface area contributed by atoms with Crippen LogP contribution in [0.4, 0.5) is 0 Å². The van der Waals surface area contributed by atoms with E-state index in [1.165, 1.54) is 70.1 Å². The molecule has 0 aliphatic carbocycles. The van der Waals surface area contributed by atoms with Gasteiger partial charge in [0.15, 0.2) is 6.29 Å². The average molecular weight is 391 g/mol. The number of unbranched alkanes of at least 4 members (excludes halogenated alkanes) is 9. The summed E-state index contributed by atoms with van der Waals surface area (Å²) in [6, 6.07) is 0. The van der Waals surface area contributed by atoms with Crippen molar-refractivity contribution in [3.63, 3.8) is 0 Å². The number of thioether (sulfide) groups is 1. The fraction of sp³-hybridized carbons (Fsp3) is 0.900. The Balaban J connectivity index is 3.62. The molecule has 26 heavy (non-hydrogen) atoms. The molecule has 0 aromatic heterocycles. The van der Waals surface area contributed by atoms with E-state index in [0.29, 0.717) is 6.61 Å². The summed E-state index contributed by atoms with van der Waals surface area (Å²) in [5.41, 5.74) is 0. The molecule has 0 saturated carbocycles. The molecule has 154 valence electrons. The Bertz CT molecular complexity index is 373. The molecule has 0 aromatic rings. The van der Waals surface area contributed by atoms with Crippen LogP contribution in [-0.2, 0) is 19.1 Å². The molecule has 0 heterocycles. The third-order valence-electron chi connectivity index (χ3n) is 4.10. The highest BCUT2D eigenvalue weighted by atomic mass is 32.2. The molecular weight excluding hydrogens is 352 g/mol. The Morgan fingerprint density at radius 3 is 1.77 bits per heavy atom. The van der Waals surface area contributed by atoms with Crippen molar-refractivity contribution in [2.24, 2.45) is 0 Å². The third-order valence-corrected chi connectivity index (χ3v) is 5.30. The first-order chi connectivity index (χ1) is 12.4. The summed E-state index contributed by atoms with van der Waals surface area (Å²) in [6.45, 7) is 7.42. The van der Waals surface area contributed by atoms with Crippen molar-refractivity contribution in [2.45, 2.75) is 109 Å². The first-order valence-electron chi connectivity index (χ1n) is 10.1. The zero-order valence-corrected chi connectivity index (χ0v) is 17.8. The first kappa shape index (κ1) is 25.2. The molecule has 6 heteroatoms. The molecule has 0 spiro atoms. The second-order valence-corrected chi connectivity index (χ2v) is 8.49. The summed E-state index contributed by atoms with van der Waals surface area (Å²) in [7, 11) is 0. The van der Waals surface area contributed by atoms with E-state index in [1.54, 1.807) is 13.8 Å². The number of carbonyl (C=O) groups is 2. The molecule has 1 N–H and O–H groups in total. The van der Waals surface area contributed by atoms with Crippen LogP contribution in [0.2, 0.25) is 0 Å². The van der Waals surface area contributed by atoms with E-state index >= 15 is 0 Å². The normalized spacial score (nSPS) is 14.5. The number of hydrogen-bond donors (Lipinski definition) is 1. The van der Waals surface area contributed by atoms with Gasteiger partial charge in [-0.15, -0.1) is 11.8 Å². The third kappa shape index (κ3) is 14.4. The molecule has 0 radical (unpaired) electrons. The van der Waals surface area contributed by atoms with Gasteiger partial charge in [-0.25, -0.2) is 0 Å². The fourth-order valence-corrected chi connectivity index (χ4v) is 3.52. The van der Waals surface area contributed by atoms with Crippen LogP contribution >= 0.6 is 11.8 Å². The summed E-state index contributed by atoms with van der Waals surface area (Å²) in [4.78, 5) is 23.6. The van der Waals surface area contributed by atoms with E-state index in [2.05, 4.69) is 6.92 Å². The lowest BCUT2D eigenvalue weighted by molar-refractivity contribution is -0.163. The number of ether oxygens (including phenoxy) is 2. The molecule has 3 unspecified atom stereocenters. The molecule has 0 aliphatic heterocycles. The largest absolute Gasteiger partial charge is 0.465 e. The molecule has 0 fully saturated rings. The van der Waals surface area contributed by atoms with Gasteiger partial charge < -0.3 is 14.6 Å². The summed E-state index contributed by atoms with van der Waals surface area (Å²) in [6.07, 6.45) is 11.3. The lowest BCUT2D eigenvalue weighted by Crippen LogP contribution is -2.26. The van der Waals surface area contributed by atoms with Gasteiger partial charge in [0, 0.05) is 0 Å². The fourth-order valence-electron chi connectivity index (χ4n) is 2.56. The van der Waals surface area contributed by atoms with E-state index in [4.69, 9.17) is 14.6 Å². The summed E-state index contributed by atoms with van der Waals surface area (Å²) in [5.74, 6) is -0.832. The molecule has 3 atom stereocenters. The SMILES string of the molecule is CCCCCCCCCCCCOC(=O)C(C)SC(C)C(=O)OC(C)O. The van der Waals surface area contributed by atoms with Crippen molar-refractivity contribution >= 4 is 23.7 Å². The van der Waals surface area contributed by atoms with Gasteiger partial charge in [0.25, 0.3) is 0 Å². The highest BCUT2D eigenvalue weighted by Crippen LogP contribution is 2.20. The molecule has 0 aliphatic rings. The molecule has 0 aromatic carbocycles. The van der Waals surface area contributed by atoms with Gasteiger partial charge in [0.2, 0.25) is 0 Å². The minimum absolute atomic E-state index is 0.303. The van der Waals surface area contributed by atoms with Gasteiger partial charge in [0.05, 0.1) is 6.61 Å². The van der Waals surface area contributed by atoms with Crippen molar-refractivity contribution in [2.75, 3.05) is 6.61 Å². The number of rotatable bonds is 16. The van der Waals surface area contributed by atoms with E-state index in [9.17, 15) is 9.59 Å². The lowest BCUT2D eigenvalue weighted by Gasteiger charge is -2.16. The summed E-state index contributed by atoms with van der Waals surface area (Å²) < 4.78 is 9.99. The van der Waals surface area contributed by atoms with Crippen LogP contribution in [0.25, 0.3) is 0 Å². The maximum absolute atomic E-state index is 11.9. The molecule has 0 amide bonds. The number of hydrogen-bond acceptors (Lipinski definition) is 6. The highest BCUT2D eigenvalue weighted by molar-refractivity contribution is 8.01. The van der Waals surface area contributed by atoms with Crippen LogP contribution in [0.15, 0.2) is 0 Å². The van der Waals surface area contributed by atoms with Crippen LogP contribution in [0.3, 0.4) is 0 Å². The Morgan fingerprint density at radius 1 is 0.808 bits per heavy atom. The zero-order chi connectivity index (χ0) is 19.8. The minimum atomic E-state index is -1.14. The number of aliphatic hydroxyl groups is 1. The van der Waals surface area contributed by atoms with Gasteiger partial charge in [-0.3, -0.25) is 9.59 Å². The van der Waals surface area contributed by atoms with Crippen molar-refractivity contribution in [1.82, 2.24) is 0 Å². The number of esters is 2. The lowest BCUT2D eigenvalue weighted by atomic mass is 10.1. The van der Waals surface area contributed by atoms with Gasteiger partial charge in [-0.1, -0.05) is 64.7 Å². The topological polar surface area (TPSA) is 72.8 Å². The van der Waals surface area contributed by atoms with Crippen molar-refractivity contribution in [1.29, 1.82) is 0 Å². The summed E-state index contributed by atoms with van der Waals surface area (Å²) in [5, 5.41) is 8.08. The molecule has 5 nitrogen and oxygen atoms in total. The van der Waals surface area contributed by atoms with Crippen LogP contribution < -0.4 is 0 Å². The molecule has 0 bridgehead atoms. The number of carbonyl (C=O) groups excluding carboxylic acids is 2. The van der Waals surface area contributed by atoms with Crippen LogP contribution in [-0.4, -0.2) is 40.4 Å². The highest BCUT2D eigenvalue weighted by Gasteiger charge is 2.24. The Labute approximate surface area is 163 Å². The second kappa shape index (κ2) is 16.4. The molecular formula is C20H38O5S. The van der Waals surface area contributed by atoms with E-state index in [1.807, 2.05) is 0 Å². The standard InChI is InChI=1S/C20H38O5S/c1-5-6-7-8-9-10-11-12-13-14-15-24-19(22)16(2)26-17(3)20(23)25-18(4)21/h16-18,21H,5-15H2,1-4H3. The Morgan fingerprint density at radius 2 is 1.27 bits per heavy atom. The van der Waals surface area contributed by atoms with Crippen molar-refractivity contribution < 1.29 is 24.2 Å². The van der Waals surface area contributed by atoms with Crippen molar-refractivity contribution in [3.05, 3.63) is 0 Å². The average Bonchev–Trinajstić information content (AvgIpc) is 2.58. The van der Waals surface area contributed by atoms with Crippen molar-refractivity contribution in [3.8, 4) is 0 Å². The monoisotopic (exact) mass is 390 g/mol. The number of aliphatic hydroxyl groups excluding tert-OH is 1. The molecule has 0 rings (SSSR count). The smallest absolute Gasteiger partial charge is 0.321 e. The predicted octanol–water partition coefficient (Wildman–Crippen LogP) is 4.84. The summed E-state index contributed by atoms with van der Waals surface area (Å²) >= 11 is 1.18. The van der Waals surface area contributed by atoms with E-state index in [0.717, 1.165) is 12.8 Å². The van der Waals surface area contributed by atoms with Crippen LogP contribution in [0, 0.1) is 0 Å². The van der Waals surface area contributed by atoms with Gasteiger partial charge >= 0.3 is 11.9 Å². The predicted molar refractivity (Wildman–Crippen MR) is 107 cm³/mol. The zero-order valence-electron chi connectivity index (χ0n) is 17.0. The van der Waals surface area contributed by atoms with Gasteiger partial charge in [0.1, 0.15) is 10.5 Å². The second-order valence-electron chi connectivity index (χ2n) is 6.81. The van der Waals surface area contributed by atoms with E-state index in [-0.39, 0.29) is 5.97 Å². The van der Waals surface area contributed by atoms with Crippen LogP contribution in [0.1, 0.15) is 91.9 Å². The Hall–Kier alpha value is -0.750. The Kier molecular flexibility index (Phi) is 16.0. The minimum Gasteiger partial charge on any atom is -0.465 e. The van der Waals surface area contributed by atoms with Crippen LogP contribution in [0.5, 0.6) is 0 Å². The van der Waals surface area contributed by atoms with E-state index < -0.39 is 22.8 Å². The maximum atomic E-state index is 11.9. The quantitative estimate of drug-likeness (QED) is 0.231. The van der Waals surface area contributed by atoms with Gasteiger partial charge in [-0.2, -0.15) is 0 Å².